The van der Waals surface area contributed by atoms with Crippen molar-refractivity contribution in [3.8, 4) is 0 Å². The van der Waals surface area contributed by atoms with Crippen molar-refractivity contribution in [1.29, 1.82) is 0 Å². The molecule has 144 valence electrons. The Bertz CT molecular complexity index is 478. The van der Waals surface area contributed by atoms with Gasteiger partial charge in [0.15, 0.2) is 5.96 Å². The fourth-order valence-corrected chi connectivity index (χ4v) is 4.18. The van der Waals surface area contributed by atoms with Gasteiger partial charge in [-0.1, -0.05) is 12.8 Å². The summed E-state index contributed by atoms with van der Waals surface area (Å²) in [6.07, 6.45) is 6.39. The van der Waals surface area contributed by atoms with Crippen molar-refractivity contribution >= 4 is 11.9 Å². The van der Waals surface area contributed by atoms with Crippen LogP contribution in [0.4, 0.5) is 0 Å². The van der Waals surface area contributed by atoms with Gasteiger partial charge in [0.2, 0.25) is 5.91 Å². The highest BCUT2D eigenvalue weighted by Crippen LogP contribution is 2.54. The number of ether oxygens (including phenoxy) is 1. The molecule has 2 atom stereocenters. The van der Waals surface area contributed by atoms with Gasteiger partial charge in [0.1, 0.15) is 6.54 Å². The van der Waals surface area contributed by atoms with Crippen molar-refractivity contribution in [2.45, 2.75) is 84.4 Å². The SMILES string of the molecule is CCNC(=NCC(=O)NC(C)(C)C)NC1CC(OCC)C12CCCC2. The molecule has 1 amide bonds. The fraction of sp³-hybridized carbons (Fsp3) is 0.895. The molecular weight excluding hydrogens is 316 g/mol. The van der Waals surface area contributed by atoms with E-state index < -0.39 is 0 Å². The standard InChI is InChI=1S/C19H36N4O2/c1-6-20-17(21-13-16(24)23-18(3,4)5)22-14-12-15(25-7-2)19(14)10-8-9-11-19/h14-15H,6-13H2,1-5H3,(H,23,24)(H2,20,21,22). The number of nitrogens with zero attached hydrogens (tertiary/aromatic N) is 1. The van der Waals surface area contributed by atoms with Crippen molar-refractivity contribution in [1.82, 2.24) is 16.0 Å². The molecule has 0 aromatic carbocycles. The van der Waals surface area contributed by atoms with Crippen LogP contribution in [-0.2, 0) is 9.53 Å². The molecule has 0 radical (unpaired) electrons. The zero-order chi connectivity index (χ0) is 18.5. The van der Waals surface area contributed by atoms with E-state index >= 15 is 0 Å². The molecule has 2 fully saturated rings. The Morgan fingerprint density at radius 3 is 2.48 bits per heavy atom. The summed E-state index contributed by atoms with van der Waals surface area (Å²) >= 11 is 0. The number of hydrogen-bond donors (Lipinski definition) is 3. The van der Waals surface area contributed by atoms with Crippen molar-refractivity contribution in [3.05, 3.63) is 0 Å². The van der Waals surface area contributed by atoms with Gasteiger partial charge in [0, 0.05) is 30.1 Å². The second kappa shape index (κ2) is 8.39. The topological polar surface area (TPSA) is 74.8 Å². The minimum atomic E-state index is -0.231. The van der Waals surface area contributed by atoms with Crippen LogP contribution in [0, 0.1) is 5.41 Å². The predicted molar refractivity (Wildman–Crippen MR) is 102 cm³/mol. The summed E-state index contributed by atoms with van der Waals surface area (Å²) in [5, 5.41) is 9.79. The molecule has 2 rings (SSSR count). The summed E-state index contributed by atoms with van der Waals surface area (Å²) in [5.41, 5.74) is 0.0187. The molecular formula is C19H36N4O2. The van der Waals surface area contributed by atoms with Gasteiger partial charge < -0.3 is 20.7 Å². The van der Waals surface area contributed by atoms with Gasteiger partial charge in [-0.25, -0.2) is 4.99 Å². The lowest BCUT2D eigenvalue weighted by molar-refractivity contribution is -0.126. The Labute approximate surface area is 152 Å². The zero-order valence-corrected chi connectivity index (χ0v) is 16.6. The van der Waals surface area contributed by atoms with E-state index in [1.54, 1.807) is 0 Å². The van der Waals surface area contributed by atoms with Crippen LogP contribution >= 0.6 is 0 Å². The second-order valence-electron chi connectivity index (χ2n) is 8.31. The molecule has 0 aromatic heterocycles. The summed E-state index contributed by atoms with van der Waals surface area (Å²) in [7, 11) is 0. The molecule has 25 heavy (non-hydrogen) atoms. The van der Waals surface area contributed by atoms with Crippen LogP contribution in [0.2, 0.25) is 0 Å². The highest BCUT2D eigenvalue weighted by Gasteiger charge is 2.56. The number of nitrogens with one attached hydrogen (secondary N) is 3. The lowest BCUT2D eigenvalue weighted by atomic mass is 9.60. The van der Waals surface area contributed by atoms with Gasteiger partial charge in [0.05, 0.1) is 6.10 Å². The van der Waals surface area contributed by atoms with Crippen LogP contribution in [0.5, 0.6) is 0 Å². The highest BCUT2D eigenvalue weighted by atomic mass is 16.5. The van der Waals surface area contributed by atoms with Crippen LogP contribution in [0.15, 0.2) is 4.99 Å². The van der Waals surface area contributed by atoms with E-state index in [0.29, 0.717) is 12.1 Å². The van der Waals surface area contributed by atoms with Crippen LogP contribution in [0.1, 0.15) is 66.7 Å². The molecule has 2 aliphatic carbocycles. The molecule has 0 aromatic rings. The maximum atomic E-state index is 12.0. The molecule has 6 nitrogen and oxygen atoms in total. The van der Waals surface area contributed by atoms with Crippen LogP contribution < -0.4 is 16.0 Å². The Balaban J connectivity index is 1.96. The number of carbonyl (C=O) groups excluding carboxylic acids is 1. The van der Waals surface area contributed by atoms with Crippen molar-refractivity contribution in [2.75, 3.05) is 19.7 Å². The van der Waals surface area contributed by atoms with E-state index in [2.05, 4.69) is 27.9 Å². The lowest BCUT2D eigenvalue weighted by Crippen LogP contribution is -2.65. The number of amides is 1. The minimum absolute atomic E-state index is 0.0546. The molecule has 6 heteroatoms. The highest BCUT2D eigenvalue weighted by molar-refractivity contribution is 5.85. The fourth-order valence-electron chi connectivity index (χ4n) is 4.18. The maximum Gasteiger partial charge on any atom is 0.242 e. The van der Waals surface area contributed by atoms with E-state index in [0.717, 1.165) is 25.5 Å². The summed E-state index contributed by atoms with van der Waals surface area (Å²) in [6.45, 7) is 11.7. The normalized spacial score (nSPS) is 25.6. The number of carbonyl (C=O) groups is 1. The minimum Gasteiger partial charge on any atom is -0.378 e. The van der Waals surface area contributed by atoms with Crippen molar-refractivity contribution < 1.29 is 9.53 Å². The second-order valence-corrected chi connectivity index (χ2v) is 8.31. The lowest BCUT2D eigenvalue weighted by Gasteiger charge is -2.54. The van der Waals surface area contributed by atoms with E-state index in [1.807, 2.05) is 27.7 Å². The first-order valence-electron chi connectivity index (χ1n) is 9.78. The zero-order valence-electron chi connectivity index (χ0n) is 16.6. The molecule has 1 spiro atoms. The van der Waals surface area contributed by atoms with E-state index in [1.165, 1.54) is 25.7 Å². The van der Waals surface area contributed by atoms with Crippen LogP contribution in [0.3, 0.4) is 0 Å². The van der Waals surface area contributed by atoms with Gasteiger partial charge in [-0.2, -0.15) is 0 Å². The first kappa shape index (κ1) is 20.0. The summed E-state index contributed by atoms with van der Waals surface area (Å²) in [4.78, 5) is 16.5. The summed E-state index contributed by atoms with van der Waals surface area (Å²) in [5.74, 6) is 0.680. The largest absolute Gasteiger partial charge is 0.378 e. The summed E-state index contributed by atoms with van der Waals surface area (Å²) < 4.78 is 5.98. The first-order valence-corrected chi connectivity index (χ1v) is 9.78. The molecule has 2 aliphatic rings. The van der Waals surface area contributed by atoms with E-state index in [4.69, 9.17) is 4.74 Å². The van der Waals surface area contributed by atoms with E-state index in [-0.39, 0.29) is 23.4 Å². The number of guanidine groups is 1. The molecule has 0 aliphatic heterocycles. The maximum absolute atomic E-state index is 12.0. The molecule has 2 unspecified atom stereocenters. The molecule has 3 N–H and O–H groups in total. The van der Waals surface area contributed by atoms with E-state index in [9.17, 15) is 4.79 Å². The Morgan fingerprint density at radius 2 is 1.92 bits per heavy atom. The molecule has 0 heterocycles. The molecule has 0 saturated heterocycles. The Hall–Kier alpha value is -1.30. The third-order valence-electron chi connectivity index (χ3n) is 5.24. The third kappa shape index (κ3) is 5.09. The van der Waals surface area contributed by atoms with Crippen LogP contribution in [-0.4, -0.2) is 49.2 Å². The average Bonchev–Trinajstić information content (AvgIpc) is 3.02. The Kier molecular flexibility index (Phi) is 6.72. The predicted octanol–water partition coefficient (Wildman–Crippen LogP) is 2.19. The Morgan fingerprint density at radius 1 is 1.24 bits per heavy atom. The van der Waals surface area contributed by atoms with Gasteiger partial charge in [0.25, 0.3) is 0 Å². The van der Waals surface area contributed by atoms with Crippen LogP contribution in [0.25, 0.3) is 0 Å². The van der Waals surface area contributed by atoms with Gasteiger partial charge in [-0.3, -0.25) is 4.79 Å². The van der Waals surface area contributed by atoms with Crippen molar-refractivity contribution in [2.24, 2.45) is 10.4 Å². The van der Waals surface area contributed by atoms with Gasteiger partial charge in [-0.05, 0) is 53.9 Å². The quantitative estimate of drug-likeness (QED) is 0.506. The van der Waals surface area contributed by atoms with Gasteiger partial charge in [-0.15, -0.1) is 0 Å². The monoisotopic (exact) mass is 352 g/mol. The first-order chi connectivity index (χ1) is 11.8. The smallest absolute Gasteiger partial charge is 0.242 e. The molecule has 0 bridgehead atoms. The van der Waals surface area contributed by atoms with Crippen molar-refractivity contribution in [3.63, 3.8) is 0 Å². The average molecular weight is 353 g/mol. The molecule has 2 saturated carbocycles. The van der Waals surface area contributed by atoms with Gasteiger partial charge >= 0.3 is 0 Å². The summed E-state index contributed by atoms with van der Waals surface area (Å²) in [6, 6.07) is 0.384. The number of hydrogen-bond acceptors (Lipinski definition) is 3. The number of rotatable bonds is 6. The third-order valence-corrected chi connectivity index (χ3v) is 5.24. The number of aliphatic imine (C=N–C) groups is 1.